The van der Waals surface area contributed by atoms with E-state index in [1.54, 1.807) is 25.1 Å². The van der Waals surface area contributed by atoms with E-state index >= 15 is 0 Å². The van der Waals surface area contributed by atoms with Crippen molar-refractivity contribution in [2.24, 2.45) is 5.73 Å². The third kappa shape index (κ3) is 3.56. The Morgan fingerprint density at radius 3 is 2.61 bits per heavy atom. The molecule has 98 valence electrons. The van der Waals surface area contributed by atoms with E-state index in [4.69, 9.17) is 11.0 Å². The van der Waals surface area contributed by atoms with Gasteiger partial charge in [-0.2, -0.15) is 5.26 Å². The molecule has 0 saturated heterocycles. The minimum Gasteiger partial charge on any atom is -0.330 e. The van der Waals surface area contributed by atoms with E-state index in [9.17, 15) is 8.42 Å². The Kier molecular flexibility index (Phi) is 4.88. The number of nitrogens with two attached hydrogens (primary N) is 1. The van der Waals surface area contributed by atoms with Gasteiger partial charge in [-0.05, 0) is 50.1 Å². The van der Waals surface area contributed by atoms with Gasteiger partial charge in [0.25, 0.3) is 0 Å². The largest absolute Gasteiger partial charge is 0.330 e. The van der Waals surface area contributed by atoms with Crippen molar-refractivity contribution in [2.75, 3.05) is 6.54 Å². The van der Waals surface area contributed by atoms with Gasteiger partial charge in [-0.1, -0.05) is 6.07 Å². The summed E-state index contributed by atoms with van der Waals surface area (Å²) >= 11 is 0. The van der Waals surface area contributed by atoms with Crippen molar-refractivity contribution in [1.82, 2.24) is 0 Å². The number of rotatable bonds is 5. The van der Waals surface area contributed by atoms with E-state index in [0.717, 1.165) is 11.1 Å². The van der Waals surface area contributed by atoms with Crippen LogP contribution >= 0.6 is 0 Å². The van der Waals surface area contributed by atoms with Crippen molar-refractivity contribution >= 4 is 9.84 Å². The molecule has 1 unspecified atom stereocenters. The lowest BCUT2D eigenvalue weighted by molar-refractivity contribution is 0.577. The summed E-state index contributed by atoms with van der Waals surface area (Å²) in [5.74, 6) is 0.00566. The summed E-state index contributed by atoms with van der Waals surface area (Å²) in [6.07, 6.45) is 0.470. The van der Waals surface area contributed by atoms with E-state index in [2.05, 4.69) is 0 Å². The standard InChI is InChI=1S/C13H18N2O2S/c1-10-7-12(8-15)3-4-13(10)9-18(16,17)11(2)5-6-14/h3-4,7,11H,5-6,9,14H2,1-2H3. The molecule has 2 N–H and O–H groups in total. The zero-order valence-corrected chi connectivity index (χ0v) is 11.5. The van der Waals surface area contributed by atoms with Crippen LogP contribution in [-0.4, -0.2) is 20.2 Å². The highest BCUT2D eigenvalue weighted by atomic mass is 32.2. The highest BCUT2D eigenvalue weighted by molar-refractivity contribution is 7.91. The fourth-order valence-corrected chi connectivity index (χ4v) is 3.24. The lowest BCUT2D eigenvalue weighted by atomic mass is 10.1. The minimum atomic E-state index is -3.18. The number of sulfone groups is 1. The molecule has 0 bridgehead atoms. The van der Waals surface area contributed by atoms with E-state index < -0.39 is 15.1 Å². The third-order valence-electron chi connectivity index (χ3n) is 3.01. The van der Waals surface area contributed by atoms with Gasteiger partial charge in [0.2, 0.25) is 0 Å². The molecule has 4 nitrogen and oxygen atoms in total. The van der Waals surface area contributed by atoms with Crippen LogP contribution in [0.15, 0.2) is 18.2 Å². The van der Waals surface area contributed by atoms with Gasteiger partial charge in [0.1, 0.15) is 0 Å². The molecule has 1 rings (SSSR count). The molecule has 0 radical (unpaired) electrons. The van der Waals surface area contributed by atoms with Crippen LogP contribution in [0.1, 0.15) is 30.0 Å². The maximum Gasteiger partial charge on any atom is 0.157 e. The monoisotopic (exact) mass is 266 g/mol. The Balaban J connectivity index is 2.95. The predicted octanol–water partition coefficient (Wildman–Crippen LogP) is 1.52. The molecule has 0 spiro atoms. The van der Waals surface area contributed by atoms with Crippen molar-refractivity contribution in [1.29, 1.82) is 5.26 Å². The smallest absolute Gasteiger partial charge is 0.157 e. The van der Waals surface area contributed by atoms with Gasteiger partial charge in [-0.3, -0.25) is 0 Å². The summed E-state index contributed by atoms with van der Waals surface area (Å²) in [5.41, 5.74) is 7.51. The Bertz CT molecular complexity index is 559. The molecular formula is C13H18N2O2S. The number of aryl methyl sites for hydroxylation is 1. The van der Waals surface area contributed by atoms with Crippen LogP contribution in [0, 0.1) is 18.3 Å². The summed E-state index contributed by atoms with van der Waals surface area (Å²) in [7, 11) is -3.18. The van der Waals surface area contributed by atoms with Crippen LogP contribution in [0.25, 0.3) is 0 Å². The first-order chi connectivity index (χ1) is 8.40. The molecule has 0 aliphatic heterocycles. The number of nitriles is 1. The van der Waals surface area contributed by atoms with Crippen molar-refractivity contribution in [3.8, 4) is 6.07 Å². The highest BCUT2D eigenvalue weighted by Gasteiger charge is 2.21. The Morgan fingerprint density at radius 1 is 1.44 bits per heavy atom. The summed E-state index contributed by atoms with van der Waals surface area (Å²) in [4.78, 5) is 0. The molecule has 0 saturated carbocycles. The first kappa shape index (κ1) is 14.7. The average molecular weight is 266 g/mol. The van der Waals surface area contributed by atoms with Crippen LogP contribution in [0.5, 0.6) is 0 Å². The molecule has 1 aromatic carbocycles. The molecule has 1 aromatic rings. The third-order valence-corrected chi connectivity index (χ3v) is 5.19. The van der Waals surface area contributed by atoms with Gasteiger partial charge in [0.05, 0.1) is 22.6 Å². The van der Waals surface area contributed by atoms with E-state index in [1.165, 1.54) is 0 Å². The molecule has 0 amide bonds. The van der Waals surface area contributed by atoms with Crippen LogP contribution in [0.2, 0.25) is 0 Å². The van der Waals surface area contributed by atoms with Crippen molar-refractivity contribution in [2.45, 2.75) is 31.3 Å². The van der Waals surface area contributed by atoms with Gasteiger partial charge >= 0.3 is 0 Å². The molecule has 0 heterocycles. The molecule has 18 heavy (non-hydrogen) atoms. The number of benzene rings is 1. The Morgan fingerprint density at radius 2 is 2.11 bits per heavy atom. The second kappa shape index (κ2) is 5.98. The maximum atomic E-state index is 12.1. The lowest BCUT2D eigenvalue weighted by Crippen LogP contribution is -2.23. The zero-order chi connectivity index (χ0) is 13.8. The predicted molar refractivity (Wildman–Crippen MR) is 71.7 cm³/mol. The van der Waals surface area contributed by atoms with E-state index in [0.29, 0.717) is 18.5 Å². The molecule has 0 aromatic heterocycles. The van der Waals surface area contributed by atoms with Crippen LogP contribution in [0.3, 0.4) is 0 Å². The molecule has 0 aliphatic carbocycles. The quantitative estimate of drug-likeness (QED) is 0.875. The van der Waals surface area contributed by atoms with Crippen molar-refractivity contribution in [3.05, 3.63) is 34.9 Å². The first-order valence-corrected chi connectivity index (χ1v) is 7.53. The summed E-state index contributed by atoms with van der Waals surface area (Å²) < 4.78 is 24.2. The number of nitrogens with zero attached hydrogens (tertiary/aromatic N) is 1. The topological polar surface area (TPSA) is 84.0 Å². The zero-order valence-electron chi connectivity index (χ0n) is 10.7. The van der Waals surface area contributed by atoms with Gasteiger partial charge in [0, 0.05) is 0 Å². The number of hydrogen-bond acceptors (Lipinski definition) is 4. The van der Waals surface area contributed by atoms with Crippen LogP contribution in [-0.2, 0) is 15.6 Å². The maximum absolute atomic E-state index is 12.1. The molecular weight excluding hydrogens is 248 g/mol. The second-order valence-corrected chi connectivity index (χ2v) is 6.87. The summed E-state index contributed by atoms with van der Waals surface area (Å²) in [5, 5.41) is 8.33. The Labute approximate surface area is 108 Å². The van der Waals surface area contributed by atoms with Crippen molar-refractivity contribution < 1.29 is 8.42 Å². The highest BCUT2D eigenvalue weighted by Crippen LogP contribution is 2.17. The Hall–Kier alpha value is -1.38. The minimum absolute atomic E-state index is 0.00566. The summed E-state index contributed by atoms with van der Waals surface area (Å²) in [6, 6.07) is 7.09. The number of hydrogen-bond donors (Lipinski definition) is 1. The normalized spacial score (nSPS) is 13.0. The first-order valence-electron chi connectivity index (χ1n) is 5.82. The fraction of sp³-hybridized carbons (Fsp3) is 0.462. The molecule has 5 heteroatoms. The molecule has 0 aliphatic rings. The van der Waals surface area contributed by atoms with Crippen LogP contribution < -0.4 is 5.73 Å². The van der Waals surface area contributed by atoms with Gasteiger partial charge in [-0.25, -0.2) is 8.42 Å². The SMILES string of the molecule is Cc1cc(C#N)ccc1CS(=O)(=O)C(C)CCN. The average Bonchev–Trinajstić information content (AvgIpc) is 2.32. The lowest BCUT2D eigenvalue weighted by Gasteiger charge is -2.13. The molecule has 1 atom stereocenters. The van der Waals surface area contributed by atoms with Crippen LogP contribution in [0.4, 0.5) is 0 Å². The second-order valence-electron chi connectivity index (χ2n) is 4.45. The van der Waals surface area contributed by atoms with E-state index in [1.807, 2.05) is 13.0 Å². The van der Waals surface area contributed by atoms with Crippen molar-refractivity contribution in [3.63, 3.8) is 0 Å². The fourth-order valence-electron chi connectivity index (χ4n) is 1.70. The van der Waals surface area contributed by atoms with Gasteiger partial charge < -0.3 is 5.73 Å². The molecule has 0 fully saturated rings. The van der Waals surface area contributed by atoms with Gasteiger partial charge in [0.15, 0.2) is 9.84 Å². The van der Waals surface area contributed by atoms with E-state index in [-0.39, 0.29) is 5.75 Å². The summed E-state index contributed by atoms with van der Waals surface area (Å²) in [6.45, 7) is 3.87. The van der Waals surface area contributed by atoms with Gasteiger partial charge in [-0.15, -0.1) is 0 Å².